The zero-order valence-corrected chi connectivity index (χ0v) is 14.3. The van der Waals surface area contributed by atoms with E-state index in [0.29, 0.717) is 24.7 Å². The number of aryl methyl sites for hydroxylation is 3. The molecule has 3 rings (SSSR count). The molecule has 2 heterocycles. The lowest BCUT2D eigenvalue weighted by Gasteiger charge is -2.14. The van der Waals surface area contributed by atoms with Crippen LogP contribution in [0.2, 0.25) is 0 Å². The Morgan fingerprint density at radius 3 is 2.67 bits per heavy atom. The summed E-state index contributed by atoms with van der Waals surface area (Å²) >= 11 is 0. The predicted octanol–water partition coefficient (Wildman–Crippen LogP) is 3.43. The van der Waals surface area contributed by atoms with Crippen molar-refractivity contribution in [2.45, 2.75) is 33.3 Å². The Bertz CT molecular complexity index is 729. The molecule has 1 N–H and O–H groups in total. The van der Waals surface area contributed by atoms with Crippen LogP contribution in [0.15, 0.2) is 30.5 Å². The summed E-state index contributed by atoms with van der Waals surface area (Å²) in [5.74, 6) is 0.287. The number of hydrogen-bond donors (Lipinski definition) is 1. The molecule has 5 nitrogen and oxygen atoms in total. The molecule has 1 aliphatic heterocycles. The third-order valence-electron chi connectivity index (χ3n) is 4.09. The minimum absolute atomic E-state index is 0.0115. The van der Waals surface area contributed by atoms with Gasteiger partial charge in [-0.2, -0.15) is 0 Å². The smallest absolute Gasteiger partial charge is 0.255 e. The first kappa shape index (κ1) is 16.5. The van der Waals surface area contributed by atoms with E-state index < -0.39 is 0 Å². The fraction of sp³-hybridized carbons (Fsp3) is 0.368. The second-order valence-electron chi connectivity index (χ2n) is 6.21. The highest BCUT2D eigenvalue weighted by Gasteiger charge is 2.18. The van der Waals surface area contributed by atoms with Crippen molar-refractivity contribution in [2.24, 2.45) is 0 Å². The first-order valence-corrected chi connectivity index (χ1v) is 8.12. The number of rotatable bonds is 4. The summed E-state index contributed by atoms with van der Waals surface area (Å²) < 4.78 is 11.1. The zero-order chi connectivity index (χ0) is 17.1. The summed E-state index contributed by atoms with van der Waals surface area (Å²) in [6, 6.07) is 7.48. The number of hydrogen-bond acceptors (Lipinski definition) is 4. The normalized spacial score (nSPS) is 16.9. The van der Waals surface area contributed by atoms with Gasteiger partial charge in [-0.3, -0.25) is 4.79 Å². The summed E-state index contributed by atoms with van der Waals surface area (Å²) in [7, 11) is 0. The van der Waals surface area contributed by atoms with Crippen LogP contribution >= 0.6 is 0 Å². The van der Waals surface area contributed by atoms with Gasteiger partial charge in [-0.15, -0.1) is 0 Å². The van der Waals surface area contributed by atoms with Crippen LogP contribution < -0.4 is 10.1 Å². The second-order valence-corrected chi connectivity index (χ2v) is 6.21. The molecule has 1 unspecified atom stereocenters. The minimum Gasteiger partial charge on any atom is -0.472 e. The Balaban J connectivity index is 1.75. The van der Waals surface area contributed by atoms with E-state index in [2.05, 4.69) is 22.4 Å². The van der Waals surface area contributed by atoms with Crippen LogP contribution in [0.1, 0.15) is 33.5 Å². The van der Waals surface area contributed by atoms with E-state index in [1.807, 2.05) is 20.8 Å². The Morgan fingerprint density at radius 1 is 1.25 bits per heavy atom. The van der Waals surface area contributed by atoms with E-state index in [0.717, 1.165) is 23.2 Å². The quantitative estimate of drug-likeness (QED) is 0.935. The van der Waals surface area contributed by atoms with Crippen molar-refractivity contribution in [1.82, 2.24) is 4.98 Å². The summed E-state index contributed by atoms with van der Waals surface area (Å²) in [6.07, 6.45) is 2.45. The van der Waals surface area contributed by atoms with Crippen molar-refractivity contribution in [3.05, 3.63) is 52.7 Å². The molecule has 1 amide bonds. The molecular formula is C19H22N2O3. The van der Waals surface area contributed by atoms with Gasteiger partial charge in [-0.05, 0) is 38.0 Å². The van der Waals surface area contributed by atoms with Crippen LogP contribution in [0, 0.1) is 20.8 Å². The van der Waals surface area contributed by atoms with Gasteiger partial charge in [0.2, 0.25) is 5.88 Å². The Labute approximate surface area is 142 Å². The molecule has 1 aromatic heterocycles. The molecule has 0 saturated carbocycles. The van der Waals surface area contributed by atoms with Gasteiger partial charge in [0.15, 0.2) is 0 Å². The number of amides is 1. The van der Waals surface area contributed by atoms with Crippen molar-refractivity contribution in [1.29, 1.82) is 0 Å². The van der Waals surface area contributed by atoms with Crippen LogP contribution in [0.3, 0.4) is 0 Å². The van der Waals surface area contributed by atoms with Crippen LogP contribution in [-0.2, 0) is 4.74 Å². The van der Waals surface area contributed by atoms with E-state index in [1.54, 1.807) is 18.3 Å². The minimum atomic E-state index is -0.167. The van der Waals surface area contributed by atoms with Crippen LogP contribution in [0.5, 0.6) is 5.88 Å². The maximum Gasteiger partial charge on any atom is 0.255 e. The molecular weight excluding hydrogens is 304 g/mol. The van der Waals surface area contributed by atoms with E-state index in [-0.39, 0.29) is 12.0 Å². The summed E-state index contributed by atoms with van der Waals surface area (Å²) in [5.41, 5.74) is 4.66. The number of nitrogens with zero attached hydrogens (tertiary/aromatic N) is 1. The number of ether oxygens (including phenoxy) is 2. The summed E-state index contributed by atoms with van der Waals surface area (Å²) in [5, 5.41) is 3.00. The molecule has 5 heteroatoms. The van der Waals surface area contributed by atoms with Gasteiger partial charge in [0.05, 0.1) is 13.2 Å². The highest BCUT2D eigenvalue weighted by atomic mass is 16.5. The lowest BCUT2D eigenvalue weighted by atomic mass is 10.0. The molecule has 0 aliphatic carbocycles. The Morgan fingerprint density at radius 2 is 2.00 bits per heavy atom. The van der Waals surface area contributed by atoms with Gasteiger partial charge in [0.1, 0.15) is 6.10 Å². The SMILES string of the molecule is Cc1cc(C)c(NC(=O)c2ccnc(OC3CCOC3)c2)c(C)c1. The van der Waals surface area contributed by atoms with Crippen molar-refractivity contribution >= 4 is 11.6 Å². The van der Waals surface area contributed by atoms with Crippen LogP contribution in [0.4, 0.5) is 5.69 Å². The molecule has 126 valence electrons. The topological polar surface area (TPSA) is 60.5 Å². The standard InChI is InChI=1S/C19H22N2O3/c1-12-8-13(2)18(14(3)9-12)21-19(22)15-4-6-20-17(10-15)24-16-5-7-23-11-16/h4,6,8-10,16H,5,7,11H2,1-3H3,(H,21,22). The van der Waals surface area contributed by atoms with E-state index in [4.69, 9.17) is 9.47 Å². The highest BCUT2D eigenvalue weighted by Crippen LogP contribution is 2.23. The van der Waals surface area contributed by atoms with Crippen LogP contribution in [-0.4, -0.2) is 30.2 Å². The number of nitrogens with one attached hydrogen (secondary N) is 1. The molecule has 1 aliphatic rings. The maximum atomic E-state index is 12.6. The number of pyridine rings is 1. The van der Waals surface area contributed by atoms with Crippen LogP contribution in [0.25, 0.3) is 0 Å². The van der Waals surface area contributed by atoms with Gasteiger partial charge < -0.3 is 14.8 Å². The molecule has 0 spiro atoms. The van der Waals surface area contributed by atoms with Gasteiger partial charge >= 0.3 is 0 Å². The highest BCUT2D eigenvalue weighted by molar-refractivity contribution is 6.05. The van der Waals surface area contributed by atoms with E-state index >= 15 is 0 Å². The van der Waals surface area contributed by atoms with Gasteiger partial charge in [-0.25, -0.2) is 4.98 Å². The number of carbonyl (C=O) groups is 1. The molecule has 24 heavy (non-hydrogen) atoms. The van der Waals surface area contributed by atoms with Crippen molar-refractivity contribution in [3.63, 3.8) is 0 Å². The predicted molar refractivity (Wildman–Crippen MR) is 92.7 cm³/mol. The van der Waals surface area contributed by atoms with E-state index in [9.17, 15) is 4.79 Å². The van der Waals surface area contributed by atoms with Gasteiger partial charge in [0, 0.05) is 29.9 Å². The monoisotopic (exact) mass is 326 g/mol. The average Bonchev–Trinajstić information content (AvgIpc) is 3.04. The van der Waals surface area contributed by atoms with Crippen molar-refractivity contribution in [3.8, 4) is 5.88 Å². The third-order valence-corrected chi connectivity index (χ3v) is 4.09. The molecule has 1 fully saturated rings. The summed E-state index contributed by atoms with van der Waals surface area (Å²) in [6.45, 7) is 7.31. The fourth-order valence-corrected chi connectivity index (χ4v) is 2.95. The molecule has 0 radical (unpaired) electrons. The third kappa shape index (κ3) is 3.74. The molecule has 1 saturated heterocycles. The first-order valence-electron chi connectivity index (χ1n) is 8.12. The zero-order valence-electron chi connectivity index (χ0n) is 14.3. The van der Waals surface area contributed by atoms with Gasteiger partial charge in [-0.1, -0.05) is 17.7 Å². The average molecular weight is 326 g/mol. The number of benzene rings is 1. The Kier molecular flexibility index (Phi) is 4.81. The molecule has 0 bridgehead atoms. The largest absolute Gasteiger partial charge is 0.472 e. The molecule has 1 aromatic carbocycles. The molecule has 1 atom stereocenters. The number of aromatic nitrogens is 1. The van der Waals surface area contributed by atoms with Crippen molar-refractivity contribution < 1.29 is 14.3 Å². The van der Waals surface area contributed by atoms with Crippen molar-refractivity contribution in [2.75, 3.05) is 18.5 Å². The lowest BCUT2D eigenvalue weighted by Crippen LogP contribution is -2.18. The number of carbonyl (C=O) groups excluding carboxylic acids is 1. The summed E-state index contributed by atoms with van der Waals surface area (Å²) in [4.78, 5) is 16.8. The molecule has 2 aromatic rings. The first-order chi connectivity index (χ1) is 11.5. The number of anilines is 1. The second kappa shape index (κ2) is 7.01. The van der Waals surface area contributed by atoms with E-state index in [1.165, 1.54) is 5.56 Å². The lowest BCUT2D eigenvalue weighted by molar-refractivity contribution is 0.102. The van der Waals surface area contributed by atoms with Gasteiger partial charge in [0.25, 0.3) is 5.91 Å². The fourth-order valence-electron chi connectivity index (χ4n) is 2.95. The Hall–Kier alpha value is -2.40. The maximum absolute atomic E-state index is 12.6.